The van der Waals surface area contributed by atoms with Gasteiger partial charge < -0.3 is 15.4 Å². The standard InChI is InChI=1S/C24H22ClN3O2S/c1-4-13-31-24-17(14-26)22(16-9-5-6-10-18(16)25)21(15(2)27-24)23(29)28-19-11-7-8-12-20(19)30-3/h4-12,22,27H,1,13H2,2-3H3,(H,28,29). The Bertz CT molecular complexity index is 1120. The van der Waals surface area contributed by atoms with Crippen LogP contribution in [0.15, 0.2) is 83.1 Å². The number of dihydropyridines is 1. The van der Waals surface area contributed by atoms with E-state index in [9.17, 15) is 10.1 Å². The summed E-state index contributed by atoms with van der Waals surface area (Å²) in [6.07, 6.45) is 1.77. The van der Waals surface area contributed by atoms with Crippen molar-refractivity contribution in [1.82, 2.24) is 5.32 Å². The number of carbonyl (C=O) groups is 1. The number of carbonyl (C=O) groups excluding carboxylic acids is 1. The molecule has 0 bridgehead atoms. The number of benzene rings is 2. The molecule has 1 aliphatic heterocycles. The molecule has 2 N–H and O–H groups in total. The van der Waals surface area contributed by atoms with Gasteiger partial charge in [-0.25, -0.2) is 0 Å². The Kier molecular flexibility index (Phi) is 7.45. The lowest BCUT2D eigenvalue weighted by Crippen LogP contribution is -2.31. The topological polar surface area (TPSA) is 74.2 Å². The molecule has 1 unspecified atom stereocenters. The second kappa shape index (κ2) is 10.3. The van der Waals surface area contributed by atoms with Gasteiger partial charge in [0.05, 0.1) is 35.4 Å². The van der Waals surface area contributed by atoms with Crippen molar-refractivity contribution in [1.29, 1.82) is 5.26 Å². The van der Waals surface area contributed by atoms with E-state index in [1.807, 2.05) is 37.3 Å². The number of amides is 1. The second-order valence-corrected chi connectivity index (χ2v) is 8.16. The maximum atomic E-state index is 13.5. The number of ether oxygens (including phenoxy) is 1. The molecule has 2 aromatic carbocycles. The van der Waals surface area contributed by atoms with E-state index in [-0.39, 0.29) is 5.91 Å². The van der Waals surface area contributed by atoms with Gasteiger partial charge in [0.25, 0.3) is 5.91 Å². The van der Waals surface area contributed by atoms with E-state index >= 15 is 0 Å². The molecule has 2 aromatic rings. The van der Waals surface area contributed by atoms with Crippen LogP contribution in [0, 0.1) is 11.3 Å². The largest absolute Gasteiger partial charge is 0.495 e. The fraction of sp³-hybridized carbons (Fsp3) is 0.167. The minimum atomic E-state index is -0.609. The fourth-order valence-corrected chi connectivity index (χ4v) is 4.50. The number of thioether (sulfide) groups is 1. The van der Waals surface area contributed by atoms with E-state index in [1.54, 1.807) is 31.4 Å². The smallest absolute Gasteiger partial charge is 0.254 e. The van der Waals surface area contributed by atoms with Crippen molar-refractivity contribution in [2.24, 2.45) is 0 Å². The van der Waals surface area contributed by atoms with Crippen molar-refractivity contribution in [3.05, 3.63) is 93.6 Å². The van der Waals surface area contributed by atoms with Gasteiger partial charge in [0.2, 0.25) is 0 Å². The summed E-state index contributed by atoms with van der Waals surface area (Å²) in [6, 6.07) is 16.7. The molecule has 1 aliphatic rings. The van der Waals surface area contributed by atoms with Gasteiger partial charge in [-0.2, -0.15) is 5.26 Å². The van der Waals surface area contributed by atoms with Crippen LogP contribution in [0.5, 0.6) is 5.75 Å². The van der Waals surface area contributed by atoms with E-state index in [1.165, 1.54) is 11.8 Å². The minimum Gasteiger partial charge on any atom is -0.495 e. The van der Waals surface area contributed by atoms with Crippen LogP contribution in [-0.2, 0) is 4.79 Å². The Hall–Kier alpha value is -3.14. The van der Waals surface area contributed by atoms with Crippen LogP contribution in [-0.4, -0.2) is 18.8 Å². The van der Waals surface area contributed by atoms with E-state index in [2.05, 4.69) is 23.3 Å². The normalized spacial score (nSPS) is 15.7. The first-order valence-electron chi connectivity index (χ1n) is 9.56. The lowest BCUT2D eigenvalue weighted by Gasteiger charge is -2.30. The first-order chi connectivity index (χ1) is 15.0. The molecule has 3 rings (SSSR count). The zero-order valence-corrected chi connectivity index (χ0v) is 18.8. The molecule has 1 heterocycles. The first kappa shape index (κ1) is 22.5. The van der Waals surface area contributed by atoms with Crippen molar-refractivity contribution in [2.45, 2.75) is 12.8 Å². The van der Waals surface area contributed by atoms with Crippen molar-refractivity contribution in [3.8, 4) is 11.8 Å². The van der Waals surface area contributed by atoms with Crippen LogP contribution in [0.4, 0.5) is 5.69 Å². The molecule has 0 aromatic heterocycles. The Labute approximate surface area is 191 Å². The monoisotopic (exact) mass is 451 g/mol. The number of hydrogen-bond acceptors (Lipinski definition) is 5. The molecule has 1 atom stereocenters. The van der Waals surface area contributed by atoms with Crippen LogP contribution in [0.2, 0.25) is 5.02 Å². The highest BCUT2D eigenvalue weighted by Crippen LogP contribution is 2.43. The van der Waals surface area contributed by atoms with Gasteiger partial charge in [-0.3, -0.25) is 4.79 Å². The number of anilines is 1. The minimum absolute atomic E-state index is 0.333. The second-order valence-electron chi connectivity index (χ2n) is 6.73. The Balaban J connectivity index is 2.10. The Morgan fingerprint density at radius 2 is 2.03 bits per heavy atom. The van der Waals surface area contributed by atoms with Gasteiger partial charge >= 0.3 is 0 Å². The van der Waals surface area contributed by atoms with Gasteiger partial charge in [-0.05, 0) is 30.7 Å². The molecule has 0 fully saturated rings. The summed E-state index contributed by atoms with van der Waals surface area (Å²) < 4.78 is 5.35. The average Bonchev–Trinajstić information content (AvgIpc) is 2.77. The van der Waals surface area contributed by atoms with Gasteiger partial charge in [0.1, 0.15) is 5.75 Å². The third kappa shape index (κ3) is 4.79. The van der Waals surface area contributed by atoms with Crippen LogP contribution in [0.3, 0.4) is 0 Å². The molecular formula is C24H22ClN3O2S. The summed E-state index contributed by atoms with van der Waals surface area (Å²) in [4.78, 5) is 13.5. The molecule has 1 amide bonds. The van der Waals surface area contributed by atoms with E-state index in [0.717, 1.165) is 0 Å². The van der Waals surface area contributed by atoms with Gasteiger partial charge in [-0.15, -0.1) is 18.3 Å². The Morgan fingerprint density at radius 1 is 1.32 bits per heavy atom. The maximum absolute atomic E-state index is 13.5. The van der Waals surface area contributed by atoms with Crippen molar-refractivity contribution in [2.75, 3.05) is 18.2 Å². The molecule has 0 aliphatic carbocycles. The number of rotatable bonds is 7. The molecule has 31 heavy (non-hydrogen) atoms. The van der Waals surface area contributed by atoms with E-state index in [4.69, 9.17) is 16.3 Å². The molecular weight excluding hydrogens is 430 g/mol. The zero-order chi connectivity index (χ0) is 22.4. The van der Waals surface area contributed by atoms with Gasteiger partial charge in [0, 0.05) is 22.0 Å². The van der Waals surface area contributed by atoms with Crippen molar-refractivity contribution < 1.29 is 9.53 Å². The number of methoxy groups -OCH3 is 1. The van der Waals surface area contributed by atoms with Gasteiger partial charge in [-0.1, -0.05) is 48.0 Å². The number of allylic oxidation sites excluding steroid dienone is 2. The average molecular weight is 452 g/mol. The summed E-state index contributed by atoms with van der Waals surface area (Å²) in [7, 11) is 1.55. The summed E-state index contributed by atoms with van der Waals surface area (Å²) in [6.45, 7) is 5.57. The predicted octanol–water partition coefficient (Wildman–Crippen LogP) is 5.60. The lowest BCUT2D eigenvalue weighted by molar-refractivity contribution is -0.113. The fourth-order valence-electron chi connectivity index (χ4n) is 3.43. The molecule has 0 radical (unpaired) electrons. The van der Waals surface area contributed by atoms with Crippen LogP contribution >= 0.6 is 23.4 Å². The predicted molar refractivity (Wildman–Crippen MR) is 127 cm³/mol. The number of nitrogens with one attached hydrogen (secondary N) is 2. The first-order valence-corrected chi connectivity index (χ1v) is 10.9. The highest BCUT2D eigenvalue weighted by molar-refractivity contribution is 8.03. The van der Waals surface area contributed by atoms with Gasteiger partial charge in [0.15, 0.2) is 0 Å². The summed E-state index contributed by atoms with van der Waals surface area (Å²) in [5.74, 6) is 0.228. The number of halogens is 1. The molecule has 0 spiro atoms. The molecule has 158 valence electrons. The zero-order valence-electron chi connectivity index (χ0n) is 17.2. The van der Waals surface area contributed by atoms with Crippen LogP contribution in [0.1, 0.15) is 18.4 Å². The van der Waals surface area contributed by atoms with Crippen LogP contribution < -0.4 is 15.4 Å². The van der Waals surface area contributed by atoms with Crippen LogP contribution in [0.25, 0.3) is 0 Å². The highest BCUT2D eigenvalue weighted by Gasteiger charge is 2.35. The summed E-state index contributed by atoms with van der Waals surface area (Å²) in [5.41, 5.74) is 2.77. The van der Waals surface area contributed by atoms with E-state index in [0.29, 0.717) is 49.6 Å². The highest BCUT2D eigenvalue weighted by atomic mass is 35.5. The lowest BCUT2D eigenvalue weighted by atomic mass is 9.82. The van der Waals surface area contributed by atoms with Crippen molar-refractivity contribution in [3.63, 3.8) is 0 Å². The molecule has 0 saturated heterocycles. The number of nitriles is 1. The Morgan fingerprint density at radius 3 is 2.71 bits per heavy atom. The van der Waals surface area contributed by atoms with Crippen molar-refractivity contribution >= 4 is 35.0 Å². The third-order valence-electron chi connectivity index (χ3n) is 4.81. The molecule has 0 saturated carbocycles. The number of hydrogen-bond donors (Lipinski definition) is 2. The molecule has 5 nitrogen and oxygen atoms in total. The number of nitrogens with zero attached hydrogens (tertiary/aromatic N) is 1. The van der Waals surface area contributed by atoms with E-state index < -0.39 is 5.92 Å². The quantitative estimate of drug-likeness (QED) is 0.536. The third-order valence-corrected chi connectivity index (χ3v) is 6.17. The summed E-state index contributed by atoms with van der Waals surface area (Å²) in [5, 5.41) is 17.4. The summed E-state index contributed by atoms with van der Waals surface area (Å²) >= 11 is 7.97. The maximum Gasteiger partial charge on any atom is 0.254 e. The number of para-hydroxylation sites is 2. The molecule has 7 heteroatoms. The SMILES string of the molecule is C=CCSC1=C(C#N)C(c2ccccc2Cl)C(C(=O)Nc2ccccc2OC)=C(C)N1.